The highest BCUT2D eigenvalue weighted by atomic mass is 16.3. The maximum Gasteiger partial charge on any atom is 0.145 e. The lowest BCUT2D eigenvalue weighted by molar-refractivity contribution is 0.234. The highest BCUT2D eigenvalue weighted by Crippen LogP contribution is 2.23. The Balaban J connectivity index is 3.13. The van der Waals surface area contributed by atoms with Crippen molar-refractivity contribution in [1.29, 1.82) is 0 Å². The Hall–Kier alpha value is -1.40. The first kappa shape index (κ1) is 14.7. The van der Waals surface area contributed by atoms with Crippen LogP contribution in [-0.2, 0) is 5.41 Å². The Morgan fingerprint density at radius 1 is 1.17 bits per heavy atom. The maximum absolute atomic E-state index is 9.26. The van der Waals surface area contributed by atoms with Gasteiger partial charge in [0.1, 0.15) is 17.5 Å². The molecule has 0 bridgehead atoms. The molecule has 1 heterocycles. The summed E-state index contributed by atoms with van der Waals surface area (Å²) in [5.74, 6) is 7.29. The van der Waals surface area contributed by atoms with Crippen LogP contribution in [-0.4, -0.2) is 27.2 Å². The third-order valence-corrected chi connectivity index (χ3v) is 2.41. The fourth-order valence-corrected chi connectivity index (χ4v) is 1.31. The number of anilines is 2. The number of aromatic nitrogens is 2. The average molecular weight is 253 g/mol. The van der Waals surface area contributed by atoms with E-state index in [1.165, 1.54) is 0 Å². The first-order chi connectivity index (χ1) is 8.18. The van der Waals surface area contributed by atoms with Crippen molar-refractivity contribution in [2.75, 3.05) is 17.3 Å². The summed E-state index contributed by atoms with van der Waals surface area (Å²) in [4.78, 5) is 8.79. The van der Waals surface area contributed by atoms with Crippen molar-refractivity contribution in [3.05, 3.63) is 11.9 Å². The van der Waals surface area contributed by atoms with E-state index in [4.69, 9.17) is 5.84 Å². The first-order valence-electron chi connectivity index (χ1n) is 5.93. The molecule has 1 aromatic rings. The molecular formula is C12H23N5O. The molecule has 1 rings (SSSR count). The fourth-order valence-electron chi connectivity index (χ4n) is 1.31. The number of aliphatic hydroxyl groups is 1. The van der Waals surface area contributed by atoms with Gasteiger partial charge in [-0.3, -0.25) is 0 Å². The van der Waals surface area contributed by atoms with Crippen molar-refractivity contribution in [2.24, 2.45) is 5.84 Å². The number of nitrogens with two attached hydrogens (primary N) is 1. The first-order valence-corrected chi connectivity index (χ1v) is 5.93. The number of nitrogens with one attached hydrogen (secondary N) is 2. The number of nitrogen functional groups attached to an aromatic ring is 1. The third kappa shape index (κ3) is 3.82. The Labute approximate surface area is 108 Å². The zero-order valence-corrected chi connectivity index (χ0v) is 11.7. The van der Waals surface area contributed by atoms with E-state index in [0.717, 1.165) is 0 Å². The van der Waals surface area contributed by atoms with Gasteiger partial charge in [-0.25, -0.2) is 15.8 Å². The second kappa shape index (κ2) is 5.07. The molecule has 0 aliphatic heterocycles. The molecule has 0 unspecified atom stereocenters. The predicted octanol–water partition coefficient (Wildman–Crippen LogP) is 1.24. The van der Waals surface area contributed by atoms with Crippen LogP contribution in [0.1, 0.15) is 40.4 Å². The van der Waals surface area contributed by atoms with Crippen LogP contribution in [0.3, 0.4) is 0 Å². The van der Waals surface area contributed by atoms with Gasteiger partial charge in [0.15, 0.2) is 0 Å². The van der Waals surface area contributed by atoms with E-state index in [0.29, 0.717) is 17.5 Å². The lowest BCUT2D eigenvalue weighted by Crippen LogP contribution is -2.35. The van der Waals surface area contributed by atoms with Crippen molar-refractivity contribution in [3.8, 4) is 0 Å². The second-order valence-corrected chi connectivity index (χ2v) is 6.02. The average Bonchev–Trinajstić information content (AvgIpc) is 2.27. The van der Waals surface area contributed by atoms with Crippen molar-refractivity contribution >= 4 is 11.6 Å². The number of hydrogen-bond acceptors (Lipinski definition) is 6. The van der Waals surface area contributed by atoms with E-state index in [9.17, 15) is 5.11 Å². The minimum Gasteiger partial charge on any atom is -0.394 e. The van der Waals surface area contributed by atoms with Gasteiger partial charge in [0.2, 0.25) is 0 Å². The van der Waals surface area contributed by atoms with Crippen LogP contribution in [0.25, 0.3) is 0 Å². The molecule has 0 saturated heterocycles. The molecule has 6 nitrogen and oxygen atoms in total. The topological polar surface area (TPSA) is 96.1 Å². The summed E-state index contributed by atoms with van der Waals surface area (Å²) >= 11 is 0. The van der Waals surface area contributed by atoms with E-state index in [2.05, 4.69) is 20.7 Å². The molecule has 6 heteroatoms. The van der Waals surface area contributed by atoms with E-state index in [1.54, 1.807) is 6.07 Å². The fraction of sp³-hybridized carbons (Fsp3) is 0.667. The molecule has 0 saturated carbocycles. The normalized spacial score (nSPS) is 12.4. The van der Waals surface area contributed by atoms with Crippen molar-refractivity contribution < 1.29 is 5.11 Å². The summed E-state index contributed by atoms with van der Waals surface area (Å²) in [5, 5.41) is 12.4. The molecule has 0 aliphatic carbocycles. The van der Waals surface area contributed by atoms with Crippen LogP contribution in [0.4, 0.5) is 11.6 Å². The SMILES string of the molecule is CC(C)(CO)Nc1cc(NN)nc(C(C)(C)C)n1. The van der Waals surface area contributed by atoms with Gasteiger partial charge >= 0.3 is 0 Å². The summed E-state index contributed by atoms with van der Waals surface area (Å²) in [6, 6.07) is 1.71. The molecule has 1 aromatic heterocycles. The number of hydrogen-bond donors (Lipinski definition) is 4. The van der Waals surface area contributed by atoms with Gasteiger partial charge in [0.05, 0.1) is 12.1 Å². The summed E-state index contributed by atoms with van der Waals surface area (Å²) in [7, 11) is 0. The van der Waals surface area contributed by atoms with Gasteiger partial charge in [-0.15, -0.1) is 0 Å². The van der Waals surface area contributed by atoms with Crippen LogP contribution < -0.4 is 16.6 Å². The van der Waals surface area contributed by atoms with E-state index in [-0.39, 0.29) is 12.0 Å². The maximum atomic E-state index is 9.26. The minimum atomic E-state index is -0.449. The standard InChI is InChI=1S/C12H23N5O/c1-11(2,3)10-14-8(6-9(15-10)17-13)16-12(4,5)7-18/h6,18H,7,13H2,1-5H3,(H2,14,15,16,17). The van der Waals surface area contributed by atoms with Crippen molar-refractivity contribution in [3.63, 3.8) is 0 Å². The molecule has 5 N–H and O–H groups in total. The van der Waals surface area contributed by atoms with Crippen LogP contribution in [0.2, 0.25) is 0 Å². The summed E-state index contributed by atoms with van der Waals surface area (Å²) < 4.78 is 0. The highest BCUT2D eigenvalue weighted by Gasteiger charge is 2.21. The molecule has 0 aromatic carbocycles. The summed E-state index contributed by atoms with van der Waals surface area (Å²) in [6.45, 7) is 9.88. The predicted molar refractivity (Wildman–Crippen MR) is 73.3 cm³/mol. The number of nitrogens with zero attached hydrogens (tertiary/aromatic N) is 2. The Morgan fingerprint density at radius 2 is 1.72 bits per heavy atom. The molecule has 0 atom stereocenters. The van der Waals surface area contributed by atoms with Gasteiger partial charge in [0.25, 0.3) is 0 Å². The van der Waals surface area contributed by atoms with E-state index < -0.39 is 5.54 Å². The largest absolute Gasteiger partial charge is 0.394 e. The van der Waals surface area contributed by atoms with Crippen molar-refractivity contribution in [2.45, 2.75) is 45.6 Å². The van der Waals surface area contributed by atoms with Gasteiger partial charge in [-0.1, -0.05) is 20.8 Å². The second-order valence-electron chi connectivity index (χ2n) is 6.02. The van der Waals surface area contributed by atoms with Gasteiger partial charge in [-0.2, -0.15) is 0 Å². The minimum absolute atomic E-state index is 0.00718. The molecule has 18 heavy (non-hydrogen) atoms. The lowest BCUT2D eigenvalue weighted by atomic mass is 9.95. The molecule has 0 radical (unpaired) electrons. The van der Waals surface area contributed by atoms with Crippen LogP contribution in [0.15, 0.2) is 6.07 Å². The zero-order chi connectivity index (χ0) is 14.0. The van der Waals surface area contributed by atoms with Gasteiger partial charge < -0.3 is 15.8 Å². The van der Waals surface area contributed by atoms with E-state index >= 15 is 0 Å². The van der Waals surface area contributed by atoms with Gasteiger partial charge in [0, 0.05) is 11.5 Å². The molecule has 102 valence electrons. The van der Waals surface area contributed by atoms with Crippen LogP contribution >= 0.6 is 0 Å². The van der Waals surface area contributed by atoms with Crippen LogP contribution in [0.5, 0.6) is 0 Å². The number of aliphatic hydroxyl groups excluding tert-OH is 1. The molecular weight excluding hydrogens is 230 g/mol. The Kier molecular flexibility index (Phi) is 4.13. The quantitative estimate of drug-likeness (QED) is 0.476. The number of hydrazine groups is 1. The van der Waals surface area contributed by atoms with Crippen molar-refractivity contribution in [1.82, 2.24) is 9.97 Å². The Bertz CT molecular complexity index is 411. The molecule has 0 spiro atoms. The Morgan fingerprint density at radius 3 is 2.17 bits per heavy atom. The van der Waals surface area contributed by atoms with Crippen LogP contribution in [0, 0.1) is 0 Å². The molecule has 0 fully saturated rings. The third-order valence-electron chi connectivity index (χ3n) is 2.41. The molecule has 0 amide bonds. The highest BCUT2D eigenvalue weighted by molar-refractivity contribution is 5.48. The summed E-state index contributed by atoms with van der Waals surface area (Å²) in [5.41, 5.74) is 1.91. The number of rotatable bonds is 4. The van der Waals surface area contributed by atoms with Gasteiger partial charge in [-0.05, 0) is 13.8 Å². The smallest absolute Gasteiger partial charge is 0.145 e. The lowest BCUT2D eigenvalue weighted by Gasteiger charge is -2.26. The molecule has 0 aliphatic rings. The van der Waals surface area contributed by atoms with E-state index in [1.807, 2.05) is 34.6 Å². The monoisotopic (exact) mass is 253 g/mol. The zero-order valence-electron chi connectivity index (χ0n) is 11.7. The summed E-state index contributed by atoms with van der Waals surface area (Å²) in [6.07, 6.45) is 0.